The fourth-order valence-electron chi connectivity index (χ4n) is 2.48. The molecule has 27 heavy (non-hydrogen) atoms. The van der Waals surface area contributed by atoms with E-state index in [9.17, 15) is 13.2 Å². The number of anilines is 1. The van der Waals surface area contributed by atoms with Crippen molar-refractivity contribution in [1.29, 1.82) is 0 Å². The van der Waals surface area contributed by atoms with Gasteiger partial charge in [0.15, 0.2) is 0 Å². The number of carbonyl (C=O) groups excluding carboxylic acids is 1. The van der Waals surface area contributed by atoms with Gasteiger partial charge in [-0.15, -0.1) is 0 Å². The average Bonchev–Trinajstić information content (AvgIpc) is 2.61. The van der Waals surface area contributed by atoms with Crippen molar-refractivity contribution in [2.45, 2.75) is 32.9 Å². The first-order valence-corrected chi connectivity index (χ1v) is 10.5. The van der Waals surface area contributed by atoms with Crippen LogP contribution in [0.3, 0.4) is 0 Å². The average molecular weight is 391 g/mol. The first-order valence-electron chi connectivity index (χ1n) is 8.66. The van der Waals surface area contributed by atoms with Gasteiger partial charge in [0.1, 0.15) is 5.75 Å². The van der Waals surface area contributed by atoms with E-state index >= 15 is 0 Å². The van der Waals surface area contributed by atoms with E-state index in [4.69, 9.17) is 4.74 Å². The lowest BCUT2D eigenvalue weighted by Gasteiger charge is -2.25. The second-order valence-corrected chi connectivity index (χ2v) is 8.26. The first kappa shape index (κ1) is 20.7. The number of rotatable bonds is 9. The van der Waals surface area contributed by atoms with Crippen LogP contribution in [0.15, 0.2) is 48.8 Å². The van der Waals surface area contributed by atoms with E-state index in [0.717, 1.165) is 11.8 Å². The number of aromatic nitrogens is 1. The van der Waals surface area contributed by atoms with Crippen LogP contribution >= 0.6 is 0 Å². The molecule has 0 atom stereocenters. The smallest absolute Gasteiger partial charge is 0.232 e. The molecule has 1 aromatic heterocycles. The molecule has 0 aliphatic carbocycles. The molecular formula is C19H25N3O4S. The largest absolute Gasteiger partial charge is 0.489 e. The van der Waals surface area contributed by atoms with Crippen molar-refractivity contribution in [3.8, 4) is 5.75 Å². The molecule has 0 unspecified atom stereocenters. The van der Waals surface area contributed by atoms with Crippen LogP contribution in [0.1, 0.15) is 25.8 Å². The summed E-state index contributed by atoms with van der Waals surface area (Å²) in [6.45, 7) is 4.11. The number of amides is 1. The number of pyridine rings is 1. The normalized spacial score (nSPS) is 11.3. The summed E-state index contributed by atoms with van der Waals surface area (Å²) in [5.74, 6) is 0.225. The zero-order valence-corrected chi connectivity index (χ0v) is 16.6. The maximum absolute atomic E-state index is 12.3. The van der Waals surface area contributed by atoms with E-state index in [0.29, 0.717) is 18.0 Å². The van der Waals surface area contributed by atoms with Gasteiger partial charge in [-0.25, -0.2) is 8.42 Å². The molecule has 0 bridgehead atoms. The van der Waals surface area contributed by atoms with Crippen LogP contribution in [-0.2, 0) is 21.4 Å². The third kappa shape index (κ3) is 6.56. The monoisotopic (exact) mass is 391 g/mol. The lowest BCUT2D eigenvalue weighted by atomic mass is 10.2. The van der Waals surface area contributed by atoms with E-state index in [1.807, 2.05) is 19.9 Å². The number of nitrogens with one attached hydrogen (secondary N) is 1. The fourth-order valence-corrected chi connectivity index (χ4v) is 3.41. The second kappa shape index (κ2) is 9.36. The van der Waals surface area contributed by atoms with Gasteiger partial charge in [-0.2, -0.15) is 0 Å². The number of ether oxygens (including phenoxy) is 1. The van der Waals surface area contributed by atoms with Gasteiger partial charge in [0.05, 0.1) is 18.0 Å². The Hall–Kier alpha value is -2.61. The second-order valence-electron chi connectivity index (χ2n) is 6.36. The van der Waals surface area contributed by atoms with Gasteiger partial charge in [0.25, 0.3) is 0 Å². The third-order valence-corrected chi connectivity index (χ3v) is 4.83. The van der Waals surface area contributed by atoms with Crippen molar-refractivity contribution in [3.63, 3.8) is 0 Å². The molecule has 0 aliphatic heterocycles. The number of carbonyl (C=O) groups is 1. The summed E-state index contributed by atoms with van der Waals surface area (Å²) in [5.41, 5.74) is 1.30. The van der Waals surface area contributed by atoms with E-state index in [1.54, 1.807) is 42.7 Å². The van der Waals surface area contributed by atoms with Gasteiger partial charge in [0, 0.05) is 31.9 Å². The van der Waals surface area contributed by atoms with Crippen molar-refractivity contribution in [2.24, 2.45) is 0 Å². The molecule has 8 heteroatoms. The van der Waals surface area contributed by atoms with Crippen LogP contribution in [0.25, 0.3) is 0 Å². The van der Waals surface area contributed by atoms with Gasteiger partial charge in [-0.3, -0.25) is 14.1 Å². The number of para-hydroxylation sites is 2. The summed E-state index contributed by atoms with van der Waals surface area (Å²) in [5, 5.41) is 2.77. The van der Waals surface area contributed by atoms with E-state index in [1.165, 1.54) is 4.31 Å². The van der Waals surface area contributed by atoms with E-state index in [-0.39, 0.29) is 25.0 Å². The highest BCUT2D eigenvalue weighted by Crippen LogP contribution is 2.30. The minimum Gasteiger partial charge on any atom is -0.489 e. The van der Waals surface area contributed by atoms with Crippen molar-refractivity contribution in [2.75, 3.05) is 17.1 Å². The van der Waals surface area contributed by atoms with Crippen LogP contribution in [-0.4, -0.2) is 38.2 Å². The van der Waals surface area contributed by atoms with Crippen molar-refractivity contribution >= 4 is 21.6 Å². The number of hydrogen-bond donors (Lipinski definition) is 1. The van der Waals surface area contributed by atoms with Gasteiger partial charge in [-0.1, -0.05) is 18.2 Å². The number of hydrogen-bond acceptors (Lipinski definition) is 5. The standard InChI is InChI=1S/C19H25N3O4S/c1-15(2)26-18-9-5-4-8-17(18)22(27(3,24)25)12-10-19(23)21-14-16-7-6-11-20-13-16/h4-9,11,13,15H,10,12,14H2,1-3H3,(H,21,23). The van der Waals surface area contributed by atoms with Crippen LogP contribution in [0, 0.1) is 0 Å². The molecule has 1 aromatic carbocycles. The summed E-state index contributed by atoms with van der Waals surface area (Å²) in [6.07, 6.45) is 4.38. The molecule has 2 aromatic rings. The third-order valence-electron chi connectivity index (χ3n) is 3.65. The SMILES string of the molecule is CC(C)Oc1ccccc1N(CCC(=O)NCc1cccnc1)S(C)(=O)=O. The zero-order valence-electron chi connectivity index (χ0n) is 15.8. The summed E-state index contributed by atoms with van der Waals surface area (Å²) in [4.78, 5) is 16.1. The Morgan fingerprint density at radius 3 is 2.59 bits per heavy atom. The Kier molecular flexibility index (Phi) is 7.18. The molecule has 7 nitrogen and oxygen atoms in total. The molecule has 0 saturated carbocycles. The predicted molar refractivity (Wildman–Crippen MR) is 105 cm³/mol. The Balaban J connectivity index is 2.07. The highest BCUT2D eigenvalue weighted by atomic mass is 32.2. The van der Waals surface area contributed by atoms with Gasteiger partial charge < -0.3 is 10.1 Å². The topological polar surface area (TPSA) is 88.6 Å². The zero-order chi connectivity index (χ0) is 19.9. The van der Waals surface area contributed by atoms with E-state index < -0.39 is 10.0 Å². The quantitative estimate of drug-likeness (QED) is 0.709. The Bertz CT molecular complexity index is 854. The lowest BCUT2D eigenvalue weighted by Crippen LogP contribution is -2.35. The highest BCUT2D eigenvalue weighted by Gasteiger charge is 2.22. The minimum atomic E-state index is -3.58. The molecule has 1 N–H and O–H groups in total. The summed E-state index contributed by atoms with van der Waals surface area (Å²) < 4.78 is 31.5. The Labute approximate surface area is 160 Å². The summed E-state index contributed by atoms with van der Waals surface area (Å²) in [7, 11) is -3.58. The van der Waals surface area contributed by atoms with Gasteiger partial charge in [0.2, 0.25) is 15.9 Å². The molecule has 0 aliphatic rings. The molecule has 0 saturated heterocycles. The van der Waals surface area contributed by atoms with Crippen LogP contribution in [0.4, 0.5) is 5.69 Å². The maximum Gasteiger partial charge on any atom is 0.232 e. The molecule has 0 fully saturated rings. The fraction of sp³-hybridized carbons (Fsp3) is 0.368. The molecule has 0 spiro atoms. The van der Waals surface area contributed by atoms with Gasteiger partial charge in [-0.05, 0) is 37.6 Å². The van der Waals surface area contributed by atoms with Crippen molar-refractivity contribution < 1.29 is 17.9 Å². The minimum absolute atomic E-state index is 0.0240. The molecule has 0 radical (unpaired) electrons. The number of nitrogens with zero attached hydrogens (tertiary/aromatic N) is 2. The molecule has 146 valence electrons. The maximum atomic E-state index is 12.3. The summed E-state index contributed by atoms with van der Waals surface area (Å²) in [6, 6.07) is 10.6. The van der Waals surface area contributed by atoms with Crippen LogP contribution in [0.2, 0.25) is 0 Å². The van der Waals surface area contributed by atoms with Crippen molar-refractivity contribution in [1.82, 2.24) is 10.3 Å². The molecular weight excluding hydrogens is 366 g/mol. The lowest BCUT2D eigenvalue weighted by molar-refractivity contribution is -0.121. The Morgan fingerprint density at radius 2 is 1.96 bits per heavy atom. The highest BCUT2D eigenvalue weighted by molar-refractivity contribution is 7.92. The Morgan fingerprint density at radius 1 is 1.22 bits per heavy atom. The molecule has 1 heterocycles. The number of sulfonamides is 1. The predicted octanol–water partition coefficient (Wildman–Crippen LogP) is 2.34. The van der Waals surface area contributed by atoms with Crippen LogP contribution < -0.4 is 14.4 Å². The summed E-state index contributed by atoms with van der Waals surface area (Å²) >= 11 is 0. The van der Waals surface area contributed by atoms with Gasteiger partial charge >= 0.3 is 0 Å². The molecule has 2 rings (SSSR count). The van der Waals surface area contributed by atoms with Crippen LogP contribution in [0.5, 0.6) is 5.75 Å². The van der Waals surface area contributed by atoms with E-state index in [2.05, 4.69) is 10.3 Å². The molecule has 1 amide bonds. The van der Waals surface area contributed by atoms with Crippen molar-refractivity contribution in [3.05, 3.63) is 54.4 Å². The number of benzene rings is 1. The first-order chi connectivity index (χ1) is 12.8.